The first kappa shape index (κ1) is 8.84. The second kappa shape index (κ2) is 2.57. The van der Waals surface area contributed by atoms with Gasteiger partial charge in [0.05, 0.1) is 0 Å². The lowest BCUT2D eigenvalue weighted by Crippen LogP contribution is -2.30. The lowest BCUT2D eigenvalue weighted by Gasteiger charge is -2.22. The van der Waals surface area contributed by atoms with Crippen LogP contribution in [0.2, 0.25) is 0 Å². The van der Waals surface area contributed by atoms with Gasteiger partial charge in [0.2, 0.25) is 0 Å². The van der Waals surface area contributed by atoms with Crippen LogP contribution >= 0.6 is 0 Å². The Kier molecular flexibility index (Phi) is 1.62. The Morgan fingerprint density at radius 1 is 1.50 bits per heavy atom. The Bertz CT molecular complexity index is 280. The Hall–Kier alpha value is -0.440. The van der Waals surface area contributed by atoms with E-state index < -0.39 is 0 Å². The normalized spacial score (nSPS) is 51.1. The average molecular weight is 194 g/mol. The van der Waals surface area contributed by atoms with E-state index >= 15 is 0 Å². The van der Waals surface area contributed by atoms with Crippen molar-refractivity contribution in [1.82, 2.24) is 0 Å². The molecule has 1 spiro atoms. The van der Waals surface area contributed by atoms with Gasteiger partial charge in [-0.3, -0.25) is 0 Å². The third-order valence-electron chi connectivity index (χ3n) is 5.17. The highest BCUT2D eigenvalue weighted by Crippen LogP contribution is 2.80. The molecule has 0 amide bonds. The van der Waals surface area contributed by atoms with Gasteiger partial charge in [0, 0.05) is 12.0 Å². The minimum atomic E-state index is -0.0920. The quantitative estimate of drug-likeness (QED) is 0.699. The molecule has 78 valence electrons. The number of nitroso groups, excluding NO2 is 1. The fourth-order valence-corrected chi connectivity index (χ4v) is 4.61. The molecule has 0 radical (unpaired) electrons. The highest BCUT2D eigenvalue weighted by atomic mass is 16.3. The van der Waals surface area contributed by atoms with Crippen LogP contribution in [0.5, 0.6) is 0 Å². The van der Waals surface area contributed by atoms with Crippen molar-refractivity contribution in [3.05, 3.63) is 4.91 Å². The van der Waals surface area contributed by atoms with E-state index in [9.17, 15) is 4.91 Å². The standard InChI is InChI=1S/C11H18N2O/c12-6-9(13-14)11-5-8-2-1-3-10(11,4-8)7-11/h8-9H,1-7,12H2. The lowest BCUT2D eigenvalue weighted by molar-refractivity contribution is 0.287. The molecule has 3 fully saturated rings. The van der Waals surface area contributed by atoms with Crippen molar-refractivity contribution >= 4 is 0 Å². The Labute approximate surface area is 84.4 Å². The summed E-state index contributed by atoms with van der Waals surface area (Å²) in [5.74, 6) is 0.883. The molecule has 0 aromatic heterocycles. The molecule has 0 saturated heterocycles. The zero-order valence-corrected chi connectivity index (χ0v) is 8.54. The summed E-state index contributed by atoms with van der Waals surface area (Å²) in [4.78, 5) is 10.8. The zero-order chi connectivity index (χ0) is 9.81. The summed E-state index contributed by atoms with van der Waals surface area (Å²) in [6.45, 7) is 0.456. The fourth-order valence-electron chi connectivity index (χ4n) is 4.61. The van der Waals surface area contributed by atoms with Crippen molar-refractivity contribution in [1.29, 1.82) is 0 Å². The number of hydrogen-bond acceptors (Lipinski definition) is 3. The van der Waals surface area contributed by atoms with Crippen LogP contribution in [0.4, 0.5) is 0 Å². The van der Waals surface area contributed by atoms with Gasteiger partial charge < -0.3 is 5.73 Å². The molecule has 0 aromatic carbocycles. The zero-order valence-electron chi connectivity index (χ0n) is 8.54. The van der Waals surface area contributed by atoms with Crippen molar-refractivity contribution in [2.45, 2.75) is 44.6 Å². The highest BCUT2D eigenvalue weighted by molar-refractivity contribution is 5.25. The van der Waals surface area contributed by atoms with Crippen LogP contribution < -0.4 is 5.73 Å². The summed E-state index contributed by atoms with van der Waals surface area (Å²) in [7, 11) is 0. The molecule has 3 nitrogen and oxygen atoms in total. The number of nitrogens with zero attached hydrogens (tertiary/aromatic N) is 1. The summed E-state index contributed by atoms with van der Waals surface area (Å²) < 4.78 is 0. The summed E-state index contributed by atoms with van der Waals surface area (Å²) in [5.41, 5.74) is 6.42. The molecule has 3 saturated carbocycles. The third kappa shape index (κ3) is 0.824. The molecule has 0 aromatic rings. The summed E-state index contributed by atoms with van der Waals surface area (Å²) >= 11 is 0. The molecule has 3 heteroatoms. The Balaban J connectivity index is 1.90. The third-order valence-corrected chi connectivity index (χ3v) is 5.17. The fraction of sp³-hybridized carbons (Fsp3) is 1.00. The summed E-state index contributed by atoms with van der Waals surface area (Å²) in [5, 5.41) is 3.28. The summed E-state index contributed by atoms with van der Waals surface area (Å²) in [6.07, 6.45) is 7.90. The number of fused-ring (bicyclic) bond motifs is 1. The largest absolute Gasteiger partial charge is 0.328 e. The van der Waals surface area contributed by atoms with Crippen LogP contribution in [0, 0.1) is 21.7 Å². The second-order valence-corrected chi connectivity index (χ2v) is 5.64. The van der Waals surface area contributed by atoms with E-state index in [1.54, 1.807) is 0 Å². The second-order valence-electron chi connectivity index (χ2n) is 5.64. The summed E-state index contributed by atoms with van der Waals surface area (Å²) in [6, 6.07) is -0.0920. The van der Waals surface area contributed by atoms with E-state index in [-0.39, 0.29) is 11.5 Å². The molecule has 3 aliphatic carbocycles. The van der Waals surface area contributed by atoms with Crippen LogP contribution in [0.1, 0.15) is 38.5 Å². The average Bonchev–Trinajstić information content (AvgIpc) is 2.68. The first-order chi connectivity index (χ1) is 6.76. The lowest BCUT2D eigenvalue weighted by atomic mass is 9.83. The first-order valence-electron chi connectivity index (χ1n) is 5.79. The van der Waals surface area contributed by atoms with Crippen molar-refractivity contribution in [2.24, 2.45) is 27.7 Å². The Morgan fingerprint density at radius 2 is 2.36 bits per heavy atom. The van der Waals surface area contributed by atoms with Gasteiger partial charge in [0.1, 0.15) is 6.04 Å². The van der Waals surface area contributed by atoms with E-state index in [2.05, 4.69) is 5.18 Å². The number of hydrogen-bond donors (Lipinski definition) is 1. The molecule has 0 aliphatic heterocycles. The minimum Gasteiger partial charge on any atom is -0.328 e. The van der Waals surface area contributed by atoms with Gasteiger partial charge in [0.25, 0.3) is 0 Å². The molecule has 3 aliphatic rings. The van der Waals surface area contributed by atoms with Crippen LogP contribution in [0.15, 0.2) is 5.18 Å². The van der Waals surface area contributed by atoms with Crippen molar-refractivity contribution in [3.63, 3.8) is 0 Å². The topological polar surface area (TPSA) is 55.4 Å². The molecular weight excluding hydrogens is 176 g/mol. The van der Waals surface area contributed by atoms with Crippen LogP contribution in [-0.4, -0.2) is 12.6 Å². The van der Waals surface area contributed by atoms with Crippen LogP contribution in [-0.2, 0) is 0 Å². The first-order valence-corrected chi connectivity index (χ1v) is 5.79. The van der Waals surface area contributed by atoms with Crippen molar-refractivity contribution in [3.8, 4) is 0 Å². The minimum absolute atomic E-state index is 0.0920. The van der Waals surface area contributed by atoms with Gasteiger partial charge in [-0.15, -0.1) is 0 Å². The maximum Gasteiger partial charge on any atom is 0.110 e. The van der Waals surface area contributed by atoms with Crippen molar-refractivity contribution in [2.75, 3.05) is 6.54 Å². The molecule has 4 unspecified atom stereocenters. The monoisotopic (exact) mass is 194 g/mol. The van der Waals surface area contributed by atoms with Crippen molar-refractivity contribution < 1.29 is 0 Å². The smallest absolute Gasteiger partial charge is 0.110 e. The van der Waals surface area contributed by atoms with Crippen LogP contribution in [0.25, 0.3) is 0 Å². The van der Waals surface area contributed by atoms with Gasteiger partial charge in [-0.2, -0.15) is 4.91 Å². The van der Waals surface area contributed by atoms with Gasteiger partial charge in [-0.1, -0.05) is 18.0 Å². The van der Waals surface area contributed by atoms with Gasteiger partial charge in [0.15, 0.2) is 0 Å². The SMILES string of the molecule is NCC(N=O)C12CC3CCCC1(C3)C2. The molecule has 3 rings (SSSR count). The molecule has 4 atom stereocenters. The number of rotatable bonds is 3. The number of nitrogens with two attached hydrogens (primary N) is 1. The van der Waals surface area contributed by atoms with E-state index in [0.29, 0.717) is 12.0 Å². The molecular formula is C11H18N2O. The van der Waals surface area contributed by atoms with Gasteiger partial charge in [-0.05, 0) is 37.0 Å². The Morgan fingerprint density at radius 3 is 3.00 bits per heavy atom. The van der Waals surface area contributed by atoms with E-state index in [0.717, 1.165) is 5.92 Å². The maximum absolute atomic E-state index is 10.8. The van der Waals surface area contributed by atoms with Crippen LogP contribution in [0.3, 0.4) is 0 Å². The van der Waals surface area contributed by atoms with E-state index in [4.69, 9.17) is 5.73 Å². The maximum atomic E-state index is 10.8. The van der Waals surface area contributed by atoms with Gasteiger partial charge >= 0.3 is 0 Å². The molecule has 0 heterocycles. The highest BCUT2D eigenvalue weighted by Gasteiger charge is 2.75. The van der Waals surface area contributed by atoms with Gasteiger partial charge in [-0.25, -0.2) is 0 Å². The molecule has 14 heavy (non-hydrogen) atoms. The predicted molar refractivity (Wildman–Crippen MR) is 54.7 cm³/mol. The molecule has 2 N–H and O–H groups in total. The van der Waals surface area contributed by atoms with E-state index in [1.165, 1.54) is 38.5 Å². The molecule has 2 bridgehead atoms. The predicted octanol–water partition coefficient (Wildman–Crippen LogP) is 2.05. The van der Waals surface area contributed by atoms with E-state index in [1.807, 2.05) is 0 Å².